The Labute approximate surface area is 99.5 Å². The summed E-state index contributed by atoms with van der Waals surface area (Å²) in [6.45, 7) is 0. The Morgan fingerprint density at radius 3 is 2.82 bits per heavy atom. The number of hydrogen-bond acceptors (Lipinski definition) is 3. The Balaban J connectivity index is 2.25. The Morgan fingerprint density at radius 2 is 2.06 bits per heavy atom. The third kappa shape index (κ3) is 1.56. The summed E-state index contributed by atoms with van der Waals surface area (Å²) in [5, 5.41) is 16.7. The number of aryl methyl sites for hydroxylation is 1. The maximum atomic E-state index is 10.1. The van der Waals surface area contributed by atoms with Crippen LogP contribution in [0.1, 0.15) is 24.0 Å². The molecule has 0 spiro atoms. The van der Waals surface area contributed by atoms with Gasteiger partial charge in [0.05, 0.1) is 6.20 Å². The van der Waals surface area contributed by atoms with E-state index in [0.29, 0.717) is 11.6 Å². The van der Waals surface area contributed by atoms with Crippen LogP contribution in [0.15, 0.2) is 18.3 Å². The summed E-state index contributed by atoms with van der Waals surface area (Å²) in [5.41, 5.74) is 10.1. The number of nitrogens with one attached hydrogen (secondary N) is 1. The minimum absolute atomic E-state index is 0.291. The second-order valence-corrected chi connectivity index (χ2v) is 4.50. The van der Waals surface area contributed by atoms with Gasteiger partial charge in [0, 0.05) is 11.1 Å². The van der Waals surface area contributed by atoms with Gasteiger partial charge in [-0.05, 0) is 42.9 Å². The van der Waals surface area contributed by atoms with Crippen LogP contribution in [0, 0.1) is 0 Å². The molecule has 0 amide bonds. The molecule has 0 radical (unpaired) electrons. The highest BCUT2D eigenvalue weighted by atomic mass is 16.3. The summed E-state index contributed by atoms with van der Waals surface area (Å²) < 4.78 is 0. The molecule has 1 aliphatic rings. The SMILES string of the molecule is Nc1[nH]ncc1-c1c(O)ccc2c1CCCC2. The average molecular weight is 229 g/mol. The van der Waals surface area contributed by atoms with Crippen molar-refractivity contribution in [3.05, 3.63) is 29.5 Å². The van der Waals surface area contributed by atoms with Gasteiger partial charge >= 0.3 is 0 Å². The van der Waals surface area contributed by atoms with Crippen LogP contribution in [0.3, 0.4) is 0 Å². The fourth-order valence-corrected chi connectivity index (χ4v) is 2.61. The van der Waals surface area contributed by atoms with E-state index in [1.54, 1.807) is 12.3 Å². The van der Waals surface area contributed by atoms with Gasteiger partial charge in [0.15, 0.2) is 0 Å². The van der Waals surface area contributed by atoms with Crippen LogP contribution in [0.5, 0.6) is 5.75 Å². The molecule has 1 aliphatic carbocycles. The smallest absolute Gasteiger partial charge is 0.126 e. The van der Waals surface area contributed by atoms with Crippen LogP contribution in [0.4, 0.5) is 5.82 Å². The topological polar surface area (TPSA) is 74.9 Å². The second-order valence-electron chi connectivity index (χ2n) is 4.50. The summed E-state index contributed by atoms with van der Waals surface area (Å²) in [6.07, 6.45) is 6.16. The highest BCUT2D eigenvalue weighted by molar-refractivity contribution is 5.81. The van der Waals surface area contributed by atoms with E-state index in [9.17, 15) is 5.11 Å². The van der Waals surface area contributed by atoms with Gasteiger partial charge in [-0.2, -0.15) is 5.10 Å². The molecule has 4 heteroatoms. The molecule has 17 heavy (non-hydrogen) atoms. The highest BCUT2D eigenvalue weighted by Crippen LogP contribution is 2.39. The van der Waals surface area contributed by atoms with Crippen molar-refractivity contribution in [1.82, 2.24) is 10.2 Å². The van der Waals surface area contributed by atoms with E-state index >= 15 is 0 Å². The highest BCUT2D eigenvalue weighted by Gasteiger charge is 2.19. The standard InChI is InChI=1S/C13H15N3O/c14-13-10(7-15-16-13)12-9-4-2-1-3-8(9)5-6-11(12)17/h5-7,17H,1-4H2,(H3,14,15,16). The van der Waals surface area contributed by atoms with Gasteiger partial charge in [0.1, 0.15) is 11.6 Å². The van der Waals surface area contributed by atoms with Crippen molar-refractivity contribution in [1.29, 1.82) is 0 Å². The number of anilines is 1. The lowest BCUT2D eigenvalue weighted by Gasteiger charge is -2.20. The number of H-pyrrole nitrogens is 1. The van der Waals surface area contributed by atoms with Crippen LogP contribution in [-0.4, -0.2) is 15.3 Å². The van der Waals surface area contributed by atoms with Crippen molar-refractivity contribution in [2.24, 2.45) is 0 Å². The second kappa shape index (κ2) is 3.80. The van der Waals surface area contributed by atoms with Gasteiger partial charge in [-0.1, -0.05) is 6.07 Å². The van der Waals surface area contributed by atoms with E-state index in [-0.39, 0.29) is 0 Å². The molecule has 0 saturated carbocycles. The van der Waals surface area contributed by atoms with E-state index in [0.717, 1.165) is 24.0 Å². The van der Waals surface area contributed by atoms with Gasteiger partial charge in [-0.15, -0.1) is 0 Å². The van der Waals surface area contributed by atoms with E-state index in [4.69, 9.17) is 5.73 Å². The molecule has 4 nitrogen and oxygen atoms in total. The number of nitrogen functional groups attached to an aromatic ring is 1. The molecule has 1 heterocycles. The first-order valence-corrected chi connectivity index (χ1v) is 5.90. The molecule has 0 aliphatic heterocycles. The first-order chi connectivity index (χ1) is 8.27. The zero-order valence-corrected chi connectivity index (χ0v) is 9.53. The molecular weight excluding hydrogens is 214 g/mol. The van der Waals surface area contributed by atoms with E-state index in [1.807, 2.05) is 6.07 Å². The third-order valence-electron chi connectivity index (χ3n) is 3.45. The number of nitrogens with zero attached hydrogens (tertiary/aromatic N) is 1. The largest absolute Gasteiger partial charge is 0.507 e. The first kappa shape index (κ1) is 10.2. The molecule has 0 saturated heterocycles. The fourth-order valence-electron chi connectivity index (χ4n) is 2.61. The summed E-state index contributed by atoms with van der Waals surface area (Å²) >= 11 is 0. The van der Waals surface area contributed by atoms with Gasteiger partial charge in [0.25, 0.3) is 0 Å². The molecule has 0 fully saturated rings. The first-order valence-electron chi connectivity index (χ1n) is 5.90. The van der Waals surface area contributed by atoms with Crippen LogP contribution < -0.4 is 5.73 Å². The predicted molar refractivity (Wildman–Crippen MR) is 66.7 cm³/mol. The average Bonchev–Trinajstić information content (AvgIpc) is 2.75. The van der Waals surface area contributed by atoms with Gasteiger partial charge in [-0.3, -0.25) is 5.10 Å². The summed E-state index contributed by atoms with van der Waals surface area (Å²) in [4.78, 5) is 0. The number of hydrogen-bond donors (Lipinski definition) is 3. The predicted octanol–water partition coefficient (Wildman–Crippen LogP) is 2.24. The normalized spacial score (nSPS) is 14.6. The molecular formula is C13H15N3O. The number of benzene rings is 1. The lowest BCUT2D eigenvalue weighted by Crippen LogP contribution is -2.05. The Bertz CT molecular complexity index is 560. The number of aromatic nitrogens is 2. The molecule has 0 bridgehead atoms. The summed E-state index contributed by atoms with van der Waals surface area (Å²) in [7, 11) is 0. The fraction of sp³-hybridized carbons (Fsp3) is 0.308. The Hall–Kier alpha value is -1.97. The molecule has 0 atom stereocenters. The third-order valence-corrected chi connectivity index (χ3v) is 3.45. The van der Waals surface area contributed by atoms with Crippen molar-refractivity contribution in [3.8, 4) is 16.9 Å². The minimum Gasteiger partial charge on any atom is -0.507 e. The van der Waals surface area contributed by atoms with Crippen molar-refractivity contribution in [3.63, 3.8) is 0 Å². The quantitative estimate of drug-likeness (QED) is 0.702. The van der Waals surface area contributed by atoms with Crippen molar-refractivity contribution in [2.45, 2.75) is 25.7 Å². The van der Waals surface area contributed by atoms with Gasteiger partial charge in [0.2, 0.25) is 0 Å². The molecule has 0 unspecified atom stereocenters. The van der Waals surface area contributed by atoms with E-state index in [2.05, 4.69) is 10.2 Å². The number of aromatic hydroxyl groups is 1. The number of aromatic amines is 1. The van der Waals surface area contributed by atoms with Crippen molar-refractivity contribution >= 4 is 5.82 Å². The number of phenolic OH excluding ortho intramolecular Hbond substituents is 1. The Morgan fingerprint density at radius 1 is 1.24 bits per heavy atom. The summed E-state index contributed by atoms with van der Waals surface area (Å²) in [5.74, 6) is 0.804. The van der Waals surface area contributed by atoms with Crippen LogP contribution in [0.25, 0.3) is 11.1 Å². The zero-order chi connectivity index (χ0) is 11.8. The zero-order valence-electron chi connectivity index (χ0n) is 9.53. The number of nitrogens with two attached hydrogens (primary N) is 1. The maximum Gasteiger partial charge on any atom is 0.126 e. The van der Waals surface area contributed by atoms with E-state index in [1.165, 1.54) is 24.0 Å². The van der Waals surface area contributed by atoms with Gasteiger partial charge in [-0.25, -0.2) is 0 Å². The van der Waals surface area contributed by atoms with Gasteiger partial charge < -0.3 is 10.8 Å². The van der Waals surface area contributed by atoms with Crippen LogP contribution >= 0.6 is 0 Å². The number of phenols is 1. The van der Waals surface area contributed by atoms with Crippen molar-refractivity contribution in [2.75, 3.05) is 5.73 Å². The van der Waals surface area contributed by atoms with E-state index < -0.39 is 0 Å². The monoisotopic (exact) mass is 229 g/mol. The molecule has 1 aromatic carbocycles. The van der Waals surface area contributed by atoms with Crippen LogP contribution in [-0.2, 0) is 12.8 Å². The summed E-state index contributed by atoms with van der Waals surface area (Å²) in [6, 6.07) is 3.77. The van der Waals surface area contributed by atoms with Crippen molar-refractivity contribution < 1.29 is 5.11 Å². The Kier molecular flexibility index (Phi) is 2.28. The lowest BCUT2D eigenvalue weighted by molar-refractivity contribution is 0.475. The molecule has 88 valence electrons. The molecule has 4 N–H and O–H groups in total. The molecule has 1 aromatic heterocycles. The lowest BCUT2D eigenvalue weighted by atomic mass is 9.86. The number of fused-ring (bicyclic) bond motifs is 1. The minimum atomic E-state index is 0.291. The maximum absolute atomic E-state index is 10.1. The number of rotatable bonds is 1. The van der Waals surface area contributed by atoms with Crippen LogP contribution in [0.2, 0.25) is 0 Å². The molecule has 3 rings (SSSR count). The molecule has 2 aromatic rings.